The molecule has 1 aromatic carbocycles. The van der Waals surface area contributed by atoms with Gasteiger partial charge in [-0.25, -0.2) is 0 Å². The van der Waals surface area contributed by atoms with E-state index in [0.29, 0.717) is 25.0 Å². The molecule has 2 rings (SSSR count). The minimum Gasteiger partial charge on any atom is -0.377 e. The van der Waals surface area contributed by atoms with E-state index in [1.54, 1.807) is 0 Å². The third kappa shape index (κ3) is 3.37. The number of benzene rings is 1. The Labute approximate surface area is 121 Å². The van der Waals surface area contributed by atoms with Crippen LogP contribution in [0.15, 0.2) is 42.5 Å². The average molecular weight is 272 g/mol. The molecule has 0 N–H and O–H groups in total. The lowest BCUT2D eigenvalue weighted by atomic mass is 9.64. The molecular formula is C18H24O2. The van der Waals surface area contributed by atoms with Gasteiger partial charge in [-0.3, -0.25) is 0 Å². The maximum atomic E-state index is 11.5. The van der Waals surface area contributed by atoms with Crippen LogP contribution in [0.4, 0.5) is 0 Å². The van der Waals surface area contributed by atoms with E-state index in [1.807, 2.05) is 18.2 Å². The maximum Gasteiger partial charge on any atom is 0.126 e. The van der Waals surface area contributed by atoms with E-state index in [9.17, 15) is 4.79 Å². The molecule has 0 heterocycles. The van der Waals surface area contributed by atoms with Gasteiger partial charge in [0, 0.05) is 12.0 Å². The first kappa shape index (κ1) is 15.0. The second-order valence-corrected chi connectivity index (χ2v) is 5.98. The van der Waals surface area contributed by atoms with Crippen LogP contribution in [0, 0.1) is 17.3 Å². The molecule has 3 atom stereocenters. The largest absolute Gasteiger partial charge is 0.377 e. The molecule has 1 aromatic rings. The van der Waals surface area contributed by atoms with E-state index < -0.39 is 0 Å². The van der Waals surface area contributed by atoms with Crippen molar-refractivity contribution >= 4 is 6.29 Å². The highest BCUT2D eigenvalue weighted by molar-refractivity contribution is 5.61. The van der Waals surface area contributed by atoms with Gasteiger partial charge in [0.25, 0.3) is 0 Å². The zero-order valence-electron chi connectivity index (χ0n) is 12.4. The Balaban J connectivity index is 1.82. The van der Waals surface area contributed by atoms with Gasteiger partial charge in [0.15, 0.2) is 0 Å². The second kappa shape index (κ2) is 6.85. The van der Waals surface area contributed by atoms with Gasteiger partial charge in [-0.2, -0.15) is 0 Å². The Kier molecular flexibility index (Phi) is 5.13. The Bertz CT molecular complexity index is 452. The van der Waals surface area contributed by atoms with E-state index >= 15 is 0 Å². The summed E-state index contributed by atoms with van der Waals surface area (Å²) in [5, 5.41) is 0. The first-order valence-electron chi connectivity index (χ1n) is 7.41. The molecule has 0 unspecified atom stereocenters. The lowest BCUT2D eigenvalue weighted by Gasteiger charge is -2.39. The van der Waals surface area contributed by atoms with Gasteiger partial charge in [0.2, 0.25) is 0 Å². The topological polar surface area (TPSA) is 26.3 Å². The quantitative estimate of drug-likeness (QED) is 0.444. The summed E-state index contributed by atoms with van der Waals surface area (Å²) in [5.74, 6) is 0.698. The molecule has 0 radical (unpaired) electrons. The van der Waals surface area contributed by atoms with Crippen LogP contribution in [0.5, 0.6) is 0 Å². The van der Waals surface area contributed by atoms with Crippen LogP contribution in [0.2, 0.25) is 0 Å². The second-order valence-electron chi connectivity index (χ2n) is 5.98. The Morgan fingerprint density at radius 1 is 1.35 bits per heavy atom. The Morgan fingerprint density at radius 3 is 2.80 bits per heavy atom. The molecule has 108 valence electrons. The lowest BCUT2D eigenvalue weighted by molar-refractivity contribution is -0.120. The standard InChI is InChI=1S/C18H24O2/c1-15-7-6-10-17(18(15,2)14-19)11-12-20-13-16-8-4-3-5-9-16/h3-6,8-10,14-15,17H,7,11-13H2,1-2H3/t15-,17+,18+/m0/s1. The van der Waals surface area contributed by atoms with Gasteiger partial charge >= 0.3 is 0 Å². The molecule has 20 heavy (non-hydrogen) atoms. The van der Waals surface area contributed by atoms with Crippen LogP contribution in [0.25, 0.3) is 0 Å². The van der Waals surface area contributed by atoms with E-state index in [-0.39, 0.29) is 5.41 Å². The molecule has 0 saturated heterocycles. The van der Waals surface area contributed by atoms with Gasteiger partial charge in [0.05, 0.1) is 6.61 Å². The first-order chi connectivity index (χ1) is 9.66. The van der Waals surface area contributed by atoms with E-state index in [2.05, 4.69) is 38.1 Å². The SMILES string of the molecule is C[C@H]1CC=C[C@H](CCOCc2ccccc2)[C@]1(C)C=O. The third-order valence-electron chi connectivity index (χ3n) is 4.66. The number of ether oxygens (including phenoxy) is 1. The number of rotatable bonds is 6. The first-order valence-corrected chi connectivity index (χ1v) is 7.41. The van der Waals surface area contributed by atoms with Crippen LogP contribution in [-0.4, -0.2) is 12.9 Å². The van der Waals surface area contributed by atoms with Crippen molar-refractivity contribution in [3.8, 4) is 0 Å². The van der Waals surface area contributed by atoms with Gasteiger partial charge in [0.1, 0.15) is 6.29 Å². The summed E-state index contributed by atoms with van der Waals surface area (Å²) in [6.07, 6.45) is 7.45. The van der Waals surface area contributed by atoms with Gasteiger partial charge in [-0.15, -0.1) is 0 Å². The molecule has 0 amide bonds. The molecule has 0 aliphatic heterocycles. The minimum absolute atomic E-state index is 0.245. The van der Waals surface area contributed by atoms with Crippen molar-refractivity contribution in [2.75, 3.05) is 6.61 Å². The van der Waals surface area contributed by atoms with Crippen LogP contribution in [-0.2, 0) is 16.1 Å². The van der Waals surface area contributed by atoms with Crippen molar-refractivity contribution in [2.24, 2.45) is 17.3 Å². The van der Waals surface area contributed by atoms with Gasteiger partial charge in [-0.1, -0.05) is 56.3 Å². The van der Waals surface area contributed by atoms with Gasteiger partial charge < -0.3 is 9.53 Å². The molecular weight excluding hydrogens is 248 g/mol. The fourth-order valence-corrected chi connectivity index (χ4v) is 2.86. The fourth-order valence-electron chi connectivity index (χ4n) is 2.86. The Hall–Kier alpha value is -1.41. The van der Waals surface area contributed by atoms with Crippen molar-refractivity contribution in [3.63, 3.8) is 0 Å². The average Bonchev–Trinajstić information content (AvgIpc) is 2.49. The molecule has 0 aromatic heterocycles. The summed E-state index contributed by atoms with van der Waals surface area (Å²) in [7, 11) is 0. The molecule has 1 aliphatic rings. The van der Waals surface area contributed by atoms with Crippen molar-refractivity contribution in [1.82, 2.24) is 0 Å². The summed E-state index contributed by atoms with van der Waals surface area (Å²) in [6, 6.07) is 10.2. The van der Waals surface area contributed by atoms with E-state index in [0.717, 1.165) is 19.1 Å². The number of carbonyl (C=O) groups excluding carboxylic acids is 1. The third-order valence-corrected chi connectivity index (χ3v) is 4.66. The molecule has 0 fully saturated rings. The maximum absolute atomic E-state index is 11.5. The molecule has 2 heteroatoms. The highest BCUT2D eigenvalue weighted by Crippen LogP contribution is 2.41. The number of hydrogen-bond donors (Lipinski definition) is 0. The predicted molar refractivity (Wildman–Crippen MR) is 81.3 cm³/mol. The fraction of sp³-hybridized carbons (Fsp3) is 0.500. The molecule has 0 bridgehead atoms. The van der Waals surface area contributed by atoms with E-state index in [1.165, 1.54) is 5.56 Å². The molecule has 0 saturated carbocycles. The zero-order chi connectivity index (χ0) is 14.4. The lowest BCUT2D eigenvalue weighted by Crippen LogP contribution is -2.37. The minimum atomic E-state index is -0.245. The Morgan fingerprint density at radius 2 is 2.10 bits per heavy atom. The van der Waals surface area contributed by atoms with Gasteiger partial charge in [-0.05, 0) is 30.2 Å². The van der Waals surface area contributed by atoms with E-state index in [4.69, 9.17) is 4.74 Å². The molecule has 1 aliphatic carbocycles. The van der Waals surface area contributed by atoms with Crippen molar-refractivity contribution in [3.05, 3.63) is 48.0 Å². The van der Waals surface area contributed by atoms with Crippen LogP contribution < -0.4 is 0 Å². The highest BCUT2D eigenvalue weighted by Gasteiger charge is 2.39. The van der Waals surface area contributed by atoms with Crippen molar-refractivity contribution < 1.29 is 9.53 Å². The van der Waals surface area contributed by atoms with Crippen LogP contribution in [0.1, 0.15) is 32.3 Å². The molecule has 0 spiro atoms. The summed E-state index contributed by atoms with van der Waals surface area (Å²) < 4.78 is 5.75. The van der Waals surface area contributed by atoms with Crippen molar-refractivity contribution in [2.45, 2.75) is 33.3 Å². The van der Waals surface area contributed by atoms with Crippen molar-refractivity contribution in [1.29, 1.82) is 0 Å². The molecule has 2 nitrogen and oxygen atoms in total. The number of allylic oxidation sites excluding steroid dienone is 2. The zero-order valence-corrected chi connectivity index (χ0v) is 12.4. The monoisotopic (exact) mass is 272 g/mol. The summed E-state index contributed by atoms with van der Waals surface area (Å²) in [6.45, 7) is 5.58. The number of carbonyl (C=O) groups is 1. The summed E-state index contributed by atoms with van der Waals surface area (Å²) in [4.78, 5) is 11.5. The highest BCUT2D eigenvalue weighted by atomic mass is 16.5. The van der Waals surface area contributed by atoms with Crippen LogP contribution >= 0.6 is 0 Å². The normalized spacial score (nSPS) is 29.3. The summed E-state index contributed by atoms with van der Waals surface area (Å²) in [5.41, 5.74) is 0.948. The number of hydrogen-bond acceptors (Lipinski definition) is 2. The summed E-state index contributed by atoms with van der Waals surface area (Å²) >= 11 is 0. The smallest absolute Gasteiger partial charge is 0.126 e. The predicted octanol–water partition coefficient (Wildman–Crippen LogP) is 4.01. The van der Waals surface area contributed by atoms with Crippen LogP contribution in [0.3, 0.4) is 0 Å². The number of aldehydes is 1.